The molecule has 1 N–H and O–H groups in total. The molecule has 3 unspecified atom stereocenters. The molecule has 1 saturated heterocycles. The standard InChI is InChI=1S/C19H31FN2/c1-4-16-17(20)8-10-19(16,5-2)21-13-18-9-6-7-15(11-18)12-22(3)14-18/h6,9,15,21H,4-5,7-8,10-14H2,1-3H3. The first-order chi connectivity index (χ1) is 10.5. The van der Waals surface area contributed by atoms with Crippen LogP contribution in [0.3, 0.4) is 0 Å². The molecule has 1 heterocycles. The number of piperidine rings is 1. The largest absolute Gasteiger partial charge is 0.307 e. The third kappa shape index (κ3) is 2.78. The van der Waals surface area contributed by atoms with Crippen LogP contribution in [0, 0.1) is 11.3 Å². The van der Waals surface area contributed by atoms with Gasteiger partial charge in [0.1, 0.15) is 5.83 Å². The summed E-state index contributed by atoms with van der Waals surface area (Å²) < 4.78 is 14.2. The van der Waals surface area contributed by atoms with Crippen molar-refractivity contribution in [2.24, 2.45) is 11.3 Å². The first-order valence-corrected chi connectivity index (χ1v) is 9.02. The highest BCUT2D eigenvalue weighted by atomic mass is 19.1. The van der Waals surface area contributed by atoms with Crippen LogP contribution in [0.25, 0.3) is 0 Å². The van der Waals surface area contributed by atoms with Gasteiger partial charge < -0.3 is 10.2 Å². The molecule has 1 aliphatic heterocycles. The van der Waals surface area contributed by atoms with Gasteiger partial charge in [-0.1, -0.05) is 26.0 Å². The lowest BCUT2D eigenvalue weighted by Gasteiger charge is -2.48. The number of fused-ring (bicyclic) bond motifs is 2. The molecule has 1 fully saturated rings. The van der Waals surface area contributed by atoms with Crippen molar-refractivity contribution >= 4 is 0 Å². The van der Waals surface area contributed by atoms with E-state index in [2.05, 4.69) is 43.3 Å². The summed E-state index contributed by atoms with van der Waals surface area (Å²) in [5, 5.41) is 3.84. The monoisotopic (exact) mass is 306 g/mol. The summed E-state index contributed by atoms with van der Waals surface area (Å²) in [4.78, 5) is 2.48. The molecule has 2 aliphatic carbocycles. The molecule has 0 aromatic rings. The van der Waals surface area contributed by atoms with Crippen molar-refractivity contribution in [1.82, 2.24) is 10.2 Å². The number of allylic oxidation sites excluding steroid dienone is 2. The molecule has 0 aromatic heterocycles. The van der Waals surface area contributed by atoms with Crippen LogP contribution < -0.4 is 5.32 Å². The lowest BCUT2D eigenvalue weighted by atomic mass is 9.70. The number of hydrogen-bond donors (Lipinski definition) is 1. The molecular weight excluding hydrogens is 275 g/mol. The molecule has 3 atom stereocenters. The van der Waals surface area contributed by atoms with Gasteiger partial charge in [0.25, 0.3) is 0 Å². The van der Waals surface area contributed by atoms with E-state index >= 15 is 0 Å². The highest BCUT2D eigenvalue weighted by Gasteiger charge is 2.43. The number of rotatable bonds is 5. The molecule has 0 aromatic carbocycles. The summed E-state index contributed by atoms with van der Waals surface area (Å²) in [6, 6.07) is 0. The maximum absolute atomic E-state index is 14.2. The minimum absolute atomic E-state index is 0.0929. The second kappa shape index (κ2) is 6.09. The van der Waals surface area contributed by atoms with Gasteiger partial charge in [0.05, 0.1) is 0 Å². The quantitative estimate of drug-likeness (QED) is 0.771. The Kier molecular flexibility index (Phi) is 4.48. The maximum atomic E-state index is 14.2. The summed E-state index contributed by atoms with van der Waals surface area (Å²) in [6.45, 7) is 7.62. The summed E-state index contributed by atoms with van der Waals surface area (Å²) in [6.07, 6.45) is 10.7. The Morgan fingerprint density at radius 2 is 2.23 bits per heavy atom. The predicted molar refractivity (Wildman–Crippen MR) is 90.5 cm³/mol. The van der Waals surface area contributed by atoms with E-state index in [1.54, 1.807) is 0 Å². The highest BCUT2D eigenvalue weighted by Crippen LogP contribution is 2.43. The first-order valence-electron chi connectivity index (χ1n) is 9.02. The number of hydrogen-bond acceptors (Lipinski definition) is 2. The average molecular weight is 306 g/mol. The van der Waals surface area contributed by atoms with Crippen molar-refractivity contribution in [1.29, 1.82) is 0 Å². The van der Waals surface area contributed by atoms with E-state index in [0.29, 0.717) is 6.42 Å². The van der Waals surface area contributed by atoms with Crippen molar-refractivity contribution in [3.05, 3.63) is 23.6 Å². The average Bonchev–Trinajstić information content (AvgIpc) is 2.81. The summed E-state index contributed by atoms with van der Waals surface area (Å²) in [5.41, 5.74) is 1.19. The van der Waals surface area contributed by atoms with Crippen molar-refractivity contribution in [2.75, 3.05) is 26.7 Å². The summed E-state index contributed by atoms with van der Waals surface area (Å²) >= 11 is 0. The first kappa shape index (κ1) is 16.2. The minimum Gasteiger partial charge on any atom is -0.307 e. The molecule has 124 valence electrons. The Morgan fingerprint density at radius 1 is 1.41 bits per heavy atom. The van der Waals surface area contributed by atoms with Crippen molar-refractivity contribution in [3.8, 4) is 0 Å². The van der Waals surface area contributed by atoms with Gasteiger partial charge in [0.15, 0.2) is 0 Å². The number of nitrogens with one attached hydrogen (secondary N) is 1. The van der Waals surface area contributed by atoms with E-state index < -0.39 is 0 Å². The van der Waals surface area contributed by atoms with E-state index in [1.807, 2.05) is 0 Å². The van der Waals surface area contributed by atoms with Gasteiger partial charge >= 0.3 is 0 Å². The van der Waals surface area contributed by atoms with Gasteiger partial charge in [-0.05, 0) is 50.6 Å². The molecule has 0 radical (unpaired) electrons. The van der Waals surface area contributed by atoms with Gasteiger partial charge in [-0.3, -0.25) is 0 Å². The summed E-state index contributed by atoms with van der Waals surface area (Å²) in [7, 11) is 2.24. The van der Waals surface area contributed by atoms with Crippen LogP contribution in [0.2, 0.25) is 0 Å². The van der Waals surface area contributed by atoms with Crippen molar-refractivity contribution in [2.45, 2.75) is 57.9 Å². The van der Waals surface area contributed by atoms with E-state index in [0.717, 1.165) is 43.8 Å². The normalized spacial score (nSPS) is 38.8. The minimum atomic E-state index is -0.0929. The molecule has 2 nitrogen and oxygen atoms in total. The van der Waals surface area contributed by atoms with Crippen LogP contribution in [0.5, 0.6) is 0 Å². The summed E-state index contributed by atoms with van der Waals surface area (Å²) in [5.74, 6) is 0.941. The molecule has 22 heavy (non-hydrogen) atoms. The highest BCUT2D eigenvalue weighted by molar-refractivity contribution is 5.29. The fraction of sp³-hybridized carbons (Fsp3) is 0.789. The fourth-order valence-electron chi connectivity index (χ4n) is 5.19. The Morgan fingerprint density at radius 3 is 2.95 bits per heavy atom. The zero-order valence-corrected chi connectivity index (χ0v) is 14.4. The van der Waals surface area contributed by atoms with E-state index in [-0.39, 0.29) is 16.8 Å². The lowest BCUT2D eigenvalue weighted by Crippen LogP contribution is -2.55. The Balaban J connectivity index is 1.76. The van der Waals surface area contributed by atoms with Crippen LogP contribution in [0.4, 0.5) is 4.39 Å². The topological polar surface area (TPSA) is 15.3 Å². The lowest BCUT2D eigenvalue weighted by molar-refractivity contribution is 0.0850. The van der Waals surface area contributed by atoms with E-state index in [9.17, 15) is 4.39 Å². The fourth-order valence-corrected chi connectivity index (χ4v) is 5.19. The van der Waals surface area contributed by atoms with E-state index in [4.69, 9.17) is 0 Å². The third-order valence-electron chi connectivity index (χ3n) is 6.20. The Labute approximate surface area is 134 Å². The van der Waals surface area contributed by atoms with Gasteiger partial charge in [-0.2, -0.15) is 0 Å². The van der Waals surface area contributed by atoms with Crippen LogP contribution in [0.15, 0.2) is 23.6 Å². The molecule has 3 aliphatic rings. The second-order valence-corrected chi connectivity index (χ2v) is 7.79. The molecule has 0 amide bonds. The Hall–Kier alpha value is -0.670. The third-order valence-corrected chi connectivity index (χ3v) is 6.20. The van der Waals surface area contributed by atoms with Crippen molar-refractivity contribution < 1.29 is 4.39 Å². The molecule has 3 heteroatoms. The number of nitrogens with zero attached hydrogens (tertiary/aromatic N) is 1. The van der Waals surface area contributed by atoms with E-state index in [1.165, 1.54) is 19.4 Å². The second-order valence-electron chi connectivity index (χ2n) is 7.79. The van der Waals surface area contributed by atoms with Crippen LogP contribution in [0.1, 0.15) is 52.4 Å². The Bertz CT molecular complexity index is 484. The van der Waals surface area contributed by atoms with Gasteiger partial charge in [0.2, 0.25) is 0 Å². The molecule has 3 rings (SSSR count). The SMILES string of the molecule is CCC1=C(F)CCC1(CC)NCC12C=CCC(CN(C)C1)C2. The van der Waals surface area contributed by atoms with Gasteiger partial charge in [-0.25, -0.2) is 4.39 Å². The zero-order valence-electron chi connectivity index (χ0n) is 14.4. The number of likely N-dealkylation sites (tertiary alicyclic amines) is 1. The molecule has 0 saturated carbocycles. The number of halogens is 1. The van der Waals surface area contributed by atoms with Crippen LogP contribution in [-0.2, 0) is 0 Å². The van der Waals surface area contributed by atoms with Gasteiger partial charge in [0, 0.05) is 37.0 Å². The predicted octanol–water partition coefficient (Wildman–Crippen LogP) is 4.05. The van der Waals surface area contributed by atoms with Crippen LogP contribution in [-0.4, -0.2) is 37.1 Å². The molecule has 2 bridgehead atoms. The molecule has 0 spiro atoms. The van der Waals surface area contributed by atoms with Crippen molar-refractivity contribution in [3.63, 3.8) is 0 Å². The smallest absolute Gasteiger partial charge is 0.101 e. The maximum Gasteiger partial charge on any atom is 0.101 e. The van der Waals surface area contributed by atoms with Gasteiger partial charge in [-0.15, -0.1) is 0 Å². The van der Waals surface area contributed by atoms with Crippen LogP contribution >= 0.6 is 0 Å². The zero-order chi connectivity index (χ0) is 15.8. The molecular formula is C19H31FN2.